The Morgan fingerprint density at radius 2 is 1.49 bits per heavy atom. The molecule has 4 bridgehead atoms. The van der Waals surface area contributed by atoms with Crippen molar-refractivity contribution >= 4 is 17.6 Å². The van der Waals surface area contributed by atoms with E-state index in [1.807, 2.05) is 0 Å². The molecular weight excluding hydrogens is 521 g/mol. The molecule has 1 unspecified atom stereocenters. The van der Waals surface area contributed by atoms with Crippen LogP contribution in [0.2, 0.25) is 0 Å². The first-order valence-electron chi connectivity index (χ1n) is 14.5. The van der Waals surface area contributed by atoms with Crippen LogP contribution >= 0.6 is 0 Å². The molecule has 214 valence electrons. The van der Waals surface area contributed by atoms with E-state index in [0.29, 0.717) is 30.0 Å². The van der Waals surface area contributed by atoms with Crippen LogP contribution in [-0.2, 0) is 0 Å². The highest BCUT2D eigenvalue weighted by Gasteiger charge is 2.51. The number of halogens is 1. The van der Waals surface area contributed by atoms with E-state index in [-0.39, 0.29) is 29.0 Å². The largest absolute Gasteiger partial charge is 0.508 e. The Hall–Kier alpha value is -4.07. The number of urea groups is 1. The van der Waals surface area contributed by atoms with Crippen LogP contribution in [0.25, 0.3) is 0 Å². The van der Waals surface area contributed by atoms with Crippen molar-refractivity contribution in [2.45, 2.75) is 56.6 Å². The van der Waals surface area contributed by atoms with E-state index in [1.165, 1.54) is 43.5 Å². The molecule has 0 saturated heterocycles. The molecule has 0 heterocycles. The zero-order valence-corrected chi connectivity index (χ0v) is 22.9. The van der Waals surface area contributed by atoms with Gasteiger partial charge in [0.25, 0.3) is 5.91 Å². The summed E-state index contributed by atoms with van der Waals surface area (Å²) in [6.45, 7) is 0.396. The number of hydrogen-bond acceptors (Lipinski definition) is 4. The van der Waals surface area contributed by atoms with Gasteiger partial charge in [-0.05, 0) is 123 Å². The van der Waals surface area contributed by atoms with Crippen molar-refractivity contribution in [1.29, 1.82) is 0 Å². The summed E-state index contributed by atoms with van der Waals surface area (Å²) in [7, 11) is 0. The molecule has 3 amide bonds. The first-order chi connectivity index (χ1) is 19.8. The van der Waals surface area contributed by atoms with Crippen molar-refractivity contribution in [3.05, 3.63) is 89.7 Å². The first-order valence-corrected chi connectivity index (χ1v) is 14.5. The Morgan fingerprint density at radius 1 is 0.878 bits per heavy atom. The minimum atomic E-state index is -0.424. The van der Waals surface area contributed by atoms with Gasteiger partial charge in [-0.1, -0.05) is 12.1 Å². The second-order valence-electron chi connectivity index (χ2n) is 12.1. The van der Waals surface area contributed by atoms with Gasteiger partial charge in [0.05, 0.1) is 0 Å². The first kappa shape index (κ1) is 27.1. The van der Waals surface area contributed by atoms with Gasteiger partial charge < -0.3 is 25.8 Å². The number of amides is 3. The third-order valence-corrected chi connectivity index (χ3v) is 8.87. The third-order valence-electron chi connectivity index (χ3n) is 8.87. The minimum Gasteiger partial charge on any atom is -0.508 e. The summed E-state index contributed by atoms with van der Waals surface area (Å²) in [5.74, 6) is 2.32. The van der Waals surface area contributed by atoms with Crippen LogP contribution in [0.15, 0.2) is 72.8 Å². The topological polar surface area (TPSA) is 99.7 Å². The van der Waals surface area contributed by atoms with Crippen molar-refractivity contribution in [3.8, 4) is 11.5 Å². The van der Waals surface area contributed by atoms with Crippen LogP contribution in [-0.4, -0.2) is 29.1 Å². The van der Waals surface area contributed by atoms with Crippen molar-refractivity contribution < 1.29 is 23.8 Å². The molecule has 4 aliphatic carbocycles. The average molecular weight is 558 g/mol. The molecule has 0 aliphatic heterocycles. The molecule has 3 aromatic carbocycles. The van der Waals surface area contributed by atoms with Crippen molar-refractivity contribution in [2.75, 3.05) is 11.9 Å². The number of benzene rings is 3. The minimum absolute atomic E-state index is 0.0536. The lowest BCUT2D eigenvalue weighted by atomic mass is 9.53. The molecule has 4 fully saturated rings. The highest BCUT2D eigenvalue weighted by atomic mass is 19.1. The van der Waals surface area contributed by atoms with Gasteiger partial charge in [0, 0.05) is 29.8 Å². The summed E-state index contributed by atoms with van der Waals surface area (Å²) in [6, 6.07) is 19.1. The van der Waals surface area contributed by atoms with Gasteiger partial charge in [0.15, 0.2) is 0 Å². The number of rotatable bonds is 9. The molecule has 0 radical (unpaired) electrons. The number of anilines is 1. The molecule has 0 aromatic heterocycles. The molecule has 4 aliphatic rings. The van der Waals surface area contributed by atoms with Gasteiger partial charge in [0.1, 0.15) is 23.4 Å². The van der Waals surface area contributed by atoms with E-state index in [1.54, 1.807) is 48.5 Å². The maximum atomic E-state index is 13.6. The lowest BCUT2D eigenvalue weighted by Gasteiger charge is -2.56. The van der Waals surface area contributed by atoms with Gasteiger partial charge in [-0.15, -0.1) is 0 Å². The van der Waals surface area contributed by atoms with Crippen molar-refractivity contribution in [2.24, 2.45) is 17.8 Å². The van der Waals surface area contributed by atoms with E-state index in [9.17, 15) is 19.1 Å². The second-order valence-corrected chi connectivity index (χ2v) is 12.1. The number of carbonyl (C=O) groups excluding carboxylic acids is 2. The number of nitrogens with one attached hydrogen (secondary N) is 3. The zero-order valence-electron chi connectivity index (χ0n) is 22.9. The fraction of sp³-hybridized carbons (Fsp3) is 0.394. The normalized spacial score (nSPS) is 24.9. The number of phenols is 1. The van der Waals surface area contributed by atoms with Crippen LogP contribution in [0, 0.1) is 23.6 Å². The molecule has 0 spiro atoms. The van der Waals surface area contributed by atoms with Crippen LogP contribution in [0.1, 0.15) is 67.0 Å². The predicted octanol–water partition coefficient (Wildman–Crippen LogP) is 6.56. The quantitative estimate of drug-likeness (QED) is 0.224. The Labute approximate surface area is 239 Å². The number of hydrogen-bond donors (Lipinski definition) is 4. The number of ether oxygens (including phenoxy) is 1. The summed E-state index contributed by atoms with van der Waals surface area (Å²) < 4.78 is 19.9. The highest BCUT2D eigenvalue weighted by Crippen LogP contribution is 2.55. The summed E-state index contributed by atoms with van der Waals surface area (Å²) in [4.78, 5) is 25.6. The Balaban J connectivity index is 1.06. The molecule has 7 nitrogen and oxygen atoms in total. The standard InChI is InChI=1S/C33H36FN3O4/c34-26-5-1-24(2-6-26)30(13-14-35-32(40)37-33-18-21-15-22(19-33)17-23(16-21)20-33)41-29-11-3-25(4-12-29)31(39)36-27-7-9-28(38)10-8-27/h1-12,21-23,30,38H,13-20H2,(H,36,39)(H2,35,37,40). The van der Waals surface area contributed by atoms with Crippen LogP contribution in [0.3, 0.4) is 0 Å². The van der Waals surface area contributed by atoms with E-state index in [4.69, 9.17) is 4.74 Å². The maximum absolute atomic E-state index is 13.6. The Bertz CT molecular complexity index is 1340. The molecule has 1 atom stereocenters. The second kappa shape index (κ2) is 11.4. The van der Waals surface area contributed by atoms with Gasteiger partial charge >= 0.3 is 6.03 Å². The molecule has 3 aromatic rings. The third kappa shape index (κ3) is 6.47. The van der Waals surface area contributed by atoms with E-state index in [2.05, 4.69) is 16.0 Å². The molecule has 7 rings (SSSR count). The highest BCUT2D eigenvalue weighted by molar-refractivity contribution is 6.04. The molecule has 4 saturated carbocycles. The number of phenolic OH excluding ortho intramolecular Hbond substituents is 1. The van der Waals surface area contributed by atoms with E-state index in [0.717, 1.165) is 42.6 Å². The summed E-state index contributed by atoms with van der Waals surface area (Å²) >= 11 is 0. The van der Waals surface area contributed by atoms with Gasteiger partial charge in [-0.3, -0.25) is 4.79 Å². The lowest BCUT2D eigenvalue weighted by molar-refractivity contribution is -0.0135. The summed E-state index contributed by atoms with van der Waals surface area (Å²) in [6.07, 6.45) is 7.32. The Morgan fingerprint density at radius 3 is 2.10 bits per heavy atom. The van der Waals surface area contributed by atoms with Crippen LogP contribution < -0.4 is 20.7 Å². The number of aromatic hydroxyl groups is 1. The smallest absolute Gasteiger partial charge is 0.315 e. The average Bonchev–Trinajstić information content (AvgIpc) is 2.93. The van der Waals surface area contributed by atoms with E-state index < -0.39 is 6.10 Å². The molecular formula is C33H36FN3O4. The van der Waals surface area contributed by atoms with Crippen LogP contribution in [0.4, 0.5) is 14.9 Å². The summed E-state index contributed by atoms with van der Waals surface area (Å²) in [5.41, 5.74) is 1.77. The molecule has 4 N–H and O–H groups in total. The monoisotopic (exact) mass is 557 g/mol. The predicted molar refractivity (Wildman–Crippen MR) is 154 cm³/mol. The fourth-order valence-corrected chi connectivity index (χ4v) is 7.43. The van der Waals surface area contributed by atoms with E-state index >= 15 is 0 Å². The zero-order chi connectivity index (χ0) is 28.4. The van der Waals surface area contributed by atoms with Gasteiger partial charge in [0.2, 0.25) is 0 Å². The molecule has 8 heteroatoms. The van der Waals surface area contributed by atoms with Crippen molar-refractivity contribution in [1.82, 2.24) is 10.6 Å². The summed E-state index contributed by atoms with van der Waals surface area (Å²) in [5, 5.41) is 18.6. The maximum Gasteiger partial charge on any atom is 0.315 e. The fourth-order valence-electron chi connectivity index (χ4n) is 7.43. The molecule has 41 heavy (non-hydrogen) atoms. The Kier molecular flexibility index (Phi) is 7.56. The number of carbonyl (C=O) groups is 2. The van der Waals surface area contributed by atoms with Gasteiger partial charge in [-0.2, -0.15) is 0 Å². The lowest BCUT2D eigenvalue weighted by Crippen LogP contribution is -2.61. The van der Waals surface area contributed by atoms with Crippen LogP contribution in [0.5, 0.6) is 11.5 Å². The van der Waals surface area contributed by atoms with Crippen molar-refractivity contribution in [3.63, 3.8) is 0 Å². The SMILES string of the molecule is O=C(NCCC(Oc1ccc(C(=O)Nc2ccc(O)cc2)cc1)c1ccc(F)cc1)NC12CC3CC(CC(C3)C1)C2. The van der Waals surface area contributed by atoms with Gasteiger partial charge in [-0.25, -0.2) is 9.18 Å².